The van der Waals surface area contributed by atoms with Crippen LogP contribution in [0.2, 0.25) is 0 Å². The Labute approximate surface area is 165 Å². The number of aromatic amines is 1. The molecule has 0 bridgehead atoms. The number of para-hydroxylation sites is 1. The Morgan fingerprint density at radius 1 is 1.14 bits per heavy atom. The van der Waals surface area contributed by atoms with Gasteiger partial charge in [-0.2, -0.15) is 0 Å². The molecule has 0 radical (unpaired) electrons. The fourth-order valence-corrected chi connectivity index (χ4v) is 3.99. The number of hydrogen-bond acceptors (Lipinski definition) is 2. The highest BCUT2D eigenvalue weighted by Gasteiger charge is 2.35. The maximum atomic E-state index is 13.3. The molecule has 1 N–H and O–H groups in total. The zero-order chi connectivity index (χ0) is 19.8. The number of benzene rings is 2. The number of nitrogens with zero attached hydrogens (tertiary/aromatic N) is 2. The van der Waals surface area contributed by atoms with Crippen LogP contribution in [0.3, 0.4) is 0 Å². The van der Waals surface area contributed by atoms with E-state index in [1.807, 2.05) is 62.4 Å². The number of amides is 2. The summed E-state index contributed by atoms with van der Waals surface area (Å²) in [6.45, 7) is 6.66. The van der Waals surface area contributed by atoms with Gasteiger partial charge in [-0.15, -0.1) is 0 Å². The normalized spacial score (nSPS) is 17.4. The smallest absolute Gasteiger partial charge is 0.271 e. The lowest BCUT2D eigenvalue weighted by Crippen LogP contribution is -2.57. The van der Waals surface area contributed by atoms with Gasteiger partial charge in [0.25, 0.3) is 5.91 Å². The molecule has 144 valence electrons. The Hall–Kier alpha value is -3.08. The van der Waals surface area contributed by atoms with Crippen molar-refractivity contribution in [2.45, 2.75) is 33.2 Å². The SMILES string of the molecule is CCc1c(C(=O)N2CC(=O)N(c3ccc(C)cc3)C[C@@H]2C)[nH]c2ccccc12. The van der Waals surface area contributed by atoms with Gasteiger partial charge in [-0.3, -0.25) is 9.59 Å². The van der Waals surface area contributed by atoms with Gasteiger partial charge in [-0.05, 0) is 44.0 Å². The quantitative estimate of drug-likeness (QED) is 0.754. The monoisotopic (exact) mass is 375 g/mol. The maximum absolute atomic E-state index is 13.3. The van der Waals surface area contributed by atoms with Crippen LogP contribution in [0.4, 0.5) is 5.69 Å². The zero-order valence-corrected chi connectivity index (χ0v) is 16.5. The average Bonchev–Trinajstić information content (AvgIpc) is 3.08. The van der Waals surface area contributed by atoms with Gasteiger partial charge in [-0.25, -0.2) is 0 Å². The average molecular weight is 375 g/mol. The summed E-state index contributed by atoms with van der Waals surface area (Å²) in [6, 6.07) is 15.8. The number of anilines is 1. The van der Waals surface area contributed by atoms with E-state index in [2.05, 4.69) is 11.9 Å². The van der Waals surface area contributed by atoms with Gasteiger partial charge in [-0.1, -0.05) is 42.8 Å². The predicted molar refractivity (Wildman–Crippen MR) is 112 cm³/mol. The van der Waals surface area contributed by atoms with E-state index in [1.54, 1.807) is 9.80 Å². The summed E-state index contributed by atoms with van der Waals surface area (Å²) in [4.78, 5) is 32.9. The number of aryl methyl sites for hydroxylation is 2. The van der Waals surface area contributed by atoms with E-state index in [9.17, 15) is 9.59 Å². The van der Waals surface area contributed by atoms with Crippen LogP contribution in [0.15, 0.2) is 48.5 Å². The molecule has 1 saturated heterocycles. The first kappa shape index (κ1) is 18.3. The molecule has 0 saturated carbocycles. The van der Waals surface area contributed by atoms with Gasteiger partial charge >= 0.3 is 0 Å². The van der Waals surface area contributed by atoms with Crippen molar-refractivity contribution in [3.05, 3.63) is 65.4 Å². The van der Waals surface area contributed by atoms with E-state index in [0.29, 0.717) is 12.2 Å². The number of hydrogen-bond donors (Lipinski definition) is 1. The van der Waals surface area contributed by atoms with Crippen LogP contribution in [-0.4, -0.2) is 40.8 Å². The highest BCUT2D eigenvalue weighted by Crippen LogP contribution is 2.26. The second kappa shape index (κ2) is 7.15. The molecule has 1 aliphatic rings. The summed E-state index contributed by atoms with van der Waals surface area (Å²) < 4.78 is 0. The number of aromatic nitrogens is 1. The molecule has 4 rings (SSSR count). The fraction of sp³-hybridized carbons (Fsp3) is 0.304. The van der Waals surface area contributed by atoms with Crippen LogP contribution < -0.4 is 4.90 Å². The Balaban J connectivity index is 1.61. The summed E-state index contributed by atoms with van der Waals surface area (Å²) in [5, 5.41) is 1.07. The first-order valence-electron chi connectivity index (χ1n) is 9.77. The van der Waals surface area contributed by atoms with Crippen LogP contribution in [0, 0.1) is 6.92 Å². The highest BCUT2D eigenvalue weighted by molar-refractivity contribution is 6.04. The largest absolute Gasteiger partial charge is 0.350 e. The molecule has 28 heavy (non-hydrogen) atoms. The second-order valence-corrected chi connectivity index (χ2v) is 7.50. The van der Waals surface area contributed by atoms with Crippen LogP contribution in [0.1, 0.15) is 35.5 Å². The third-order valence-corrected chi connectivity index (χ3v) is 5.57. The van der Waals surface area contributed by atoms with Gasteiger partial charge < -0.3 is 14.8 Å². The molecule has 2 aromatic carbocycles. The van der Waals surface area contributed by atoms with E-state index in [1.165, 1.54) is 0 Å². The van der Waals surface area contributed by atoms with Crippen molar-refractivity contribution in [3.63, 3.8) is 0 Å². The van der Waals surface area contributed by atoms with E-state index < -0.39 is 0 Å². The molecule has 3 aromatic rings. The van der Waals surface area contributed by atoms with Crippen LogP contribution in [-0.2, 0) is 11.2 Å². The summed E-state index contributed by atoms with van der Waals surface area (Å²) >= 11 is 0. The Morgan fingerprint density at radius 3 is 2.57 bits per heavy atom. The van der Waals surface area contributed by atoms with Crippen molar-refractivity contribution in [1.29, 1.82) is 0 Å². The lowest BCUT2D eigenvalue weighted by Gasteiger charge is -2.39. The fourth-order valence-electron chi connectivity index (χ4n) is 3.99. The number of rotatable bonds is 3. The Morgan fingerprint density at radius 2 is 1.86 bits per heavy atom. The number of carbonyl (C=O) groups excluding carboxylic acids is 2. The Kier molecular flexibility index (Phi) is 4.67. The van der Waals surface area contributed by atoms with Crippen molar-refractivity contribution in [2.24, 2.45) is 0 Å². The molecule has 2 amide bonds. The van der Waals surface area contributed by atoms with E-state index >= 15 is 0 Å². The van der Waals surface area contributed by atoms with Gasteiger partial charge in [0.2, 0.25) is 5.91 Å². The lowest BCUT2D eigenvalue weighted by atomic mass is 10.1. The second-order valence-electron chi connectivity index (χ2n) is 7.50. The van der Waals surface area contributed by atoms with Gasteiger partial charge in [0.05, 0.1) is 0 Å². The van der Waals surface area contributed by atoms with Crippen molar-refractivity contribution < 1.29 is 9.59 Å². The molecule has 1 fully saturated rings. The predicted octanol–water partition coefficient (Wildman–Crippen LogP) is 3.92. The molecule has 0 unspecified atom stereocenters. The van der Waals surface area contributed by atoms with E-state index in [4.69, 9.17) is 0 Å². The number of carbonyl (C=O) groups is 2. The highest BCUT2D eigenvalue weighted by atomic mass is 16.2. The molecule has 0 spiro atoms. The molecule has 5 heteroatoms. The molecule has 0 aliphatic carbocycles. The molecule has 1 atom stereocenters. The topological polar surface area (TPSA) is 56.4 Å². The van der Waals surface area contributed by atoms with Gasteiger partial charge in [0, 0.05) is 29.2 Å². The summed E-state index contributed by atoms with van der Waals surface area (Å²) in [7, 11) is 0. The third-order valence-electron chi connectivity index (χ3n) is 5.57. The van der Waals surface area contributed by atoms with Crippen molar-refractivity contribution in [1.82, 2.24) is 9.88 Å². The van der Waals surface area contributed by atoms with E-state index in [-0.39, 0.29) is 24.4 Å². The van der Waals surface area contributed by atoms with Gasteiger partial charge in [0.15, 0.2) is 0 Å². The van der Waals surface area contributed by atoms with Crippen molar-refractivity contribution >= 4 is 28.4 Å². The minimum absolute atomic E-state index is 0.0514. The first-order chi connectivity index (χ1) is 13.5. The maximum Gasteiger partial charge on any atom is 0.271 e. The van der Waals surface area contributed by atoms with E-state index in [0.717, 1.165) is 34.1 Å². The molecular formula is C23H25N3O2. The van der Waals surface area contributed by atoms with Gasteiger partial charge in [0.1, 0.15) is 12.2 Å². The first-order valence-corrected chi connectivity index (χ1v) is 9.77. The molecule has 2 heterocycles. The zero-order valence-electron chi connectivity index (χ0n) is 16.5. The molecule has 1 aliphatic heterocycles. The minimum Gasteiger partial charge on any atom is -0.350 e. The van der Waals surface area contributed by atoms with Crippen molar-refractivity contribution in [2.75, 3.05) is 18.0 Å². The van der Waals surface area contributed by atoms with Crippen molar-refractivity contribution in [3.8, 4) is 0 Å². The molecule has 1 aromatic heterocycles. The third kappa shape index (κ3) is 3.07. The number of piperazine rings is 1. The van der Waals surface area contributed by atoms with Crippen LogP contribution in [0.25, 0.3) is 10.9 Å². The number of nitrogens with one attached hydrogen (secondary N) is 1. The summed E-state index contributed by atoms with van der Waals surface area (Å²) in [5.74, 6) is -0.151. The minimum atomic E-state index is -0.0996. The number of H-pyrrole nitrogens is 1. The molecule has 5 nitrogen and oxygen atoms in total. The lowest BCUT2D eigenvalue weighted by molar-refractivity contribution is -0.121. The molecular weight excluding hydrogens is 350 g/mol. The summed E-state index contributed by atoms with van der Waals surface area (Å²) in [5.41, 5.74) is 4.62. The number of fused-ring (bicyclic) bond motifs is 1. The summed E-state index contributed by atoms with van der Waals surface area (Å²) in [6.07, 6.45) is 0.761. The van der Waals surface area contributed by atoms with Crippen LogP contribution in [0.5, 0.6) is 0 Å². The standard InChI is InChI=1S/C23H25N3O2/c1-4-18-19-7-5-6-8-20(19)24-22(18)23(28)25-14-21(27)26(13-16(25)3)17-11-9-15(2)10-12-17/h5-12,16,24H,4,13-14H2,1-3H3/t16-/m0/s1. The Bertz CT molecular complexity index is 1040. The van der Waals surface area contributed by atoms with Crippen LogP contribution >= 0.6 is 0 Å².